The Bertz CT molecular complexity index is 901. The van der Waals surface area contributed by atoms with Crippen LogP contribution in [0.4, 0.5) is 5.69 Å². The van der Waals surface area contributed by atoms with Gasteiger partial charge in [-0.3, -0.25) is 4.79 Å². The molecule has 1 saturated heterocycles. The topological polar surface area (TPSA) is 111 Å². The molecule has 0 unspecified atom stereocenters. The molecule has 0 bridgehead atoms. The van der Waals surface area contributed by atoms with E-state index in [1.807, 2.05) is 26.0 Å². The van der Waals surface area contributed by atoms with Gasteiger partial charge in [-0.15, -0.1) is 0 Å². The highest BCUT2D eigenvalue weighted by molar-refractivity contribution is 6.04. The Labute approximate surface area is 163 Å². The predicted molar refractivity (Wildman–Crippen MR) is 105 cm³/mol. The number of fused-ring (bicyclic) bond motifs is 1. The number of piperidine rings is 1. The quantitative estimate of drug-likeness (QED) is 0.742. The fourth-order valence-corrected chi connectivity index (χ4v) is 3.54. The van der Waals surface area contributed by atoms with Crippen LogP contribution in [0.3, 0.4) is 0 Å². The number of carbonyl (C=O) groups excluding carboxylic acids is 2. The number of aromatic amines is 1. The van der Waals surface area contributed by atoms with E-state index in [2.05, 4.69) is 15.3 Å². The number of hydrogen-bond acceptors (Lipinski definition) is 6. The summed E-state index contributed by atoms with van der Waals surface area (Å²) in [5.41, 5.74) is 1.73. The molecule has 2 aromatic rings. The summed E-state index contributed by atoms with van der Waals surface area (Å²) in [6.45, 7) is 4.77. The molecule has 2 aromatic heterocycles. The molecule has 8 nitrogen and oxygen atoms in total. The van der Waals surface area contributed by atoms with Crippen molar-refractivity contribution in [2.24, 2.45) is 0 Å². The second-order valence-corrected chi connectivity index (χ2v) is 7.07. The van der Waals surface area contributed by atoms with Gasteiger partial charge < -0.3 is 19.9 Å². The van der Waals surface area contributed by atoms with Crippen LogP contribution >= 0.6 is 0 Å². The van der Waals surface area contributed by atoms with Crippen LogP contribution in [-0.2, 0) is 9.53 Å². The number of likely N-dealkylation sites (tertiary alicyclic amines) is 1. The number of esters is 1. The van der Waals surface area contributed by atoms with Gasteiger partial charge >= 0.3 is 5.97 Å². The highest BCUT2D eigenvalue weighted by Gasteiger charge is 2.30. The fraction of sp³-hybridized carbons (Fsp3) is 0.500. The first-order chi connectivity index (χ1) is 13.5. The lowest BCUT2D eigenvalue weighted by atomic mass is 9.98. The summed E-state index contributed by atoms with van der Waals surface area (Å²) < 4.78 is 5.31. The summed E-state index contributed by atoms with van der Waals surface area (Å²) in [5, 5.41) is 13.1. The van der Waals surface area contributed by atoms with Gasteiger partial charge in [-0.1, -0.05) is 6.92 Å². The highest BCUT2D eigenvalue weighted by Crippen LogP contribution is 2.29. The lowest BCUT2D eigenvalue weighted by molar-refractivity contribution is -0.133. The molecule has 8 heteroatoms. The second-order valence-electron chi connectivity index (χ2n) is 7.07. The van der Waals surface area contributed by atoms with Gasteiger partial charge in [0.15, 0.2) is 0 Å². The van der Waals surface area contributed by atoms with Crippen LogP contribution in [0, 0.1) is 11.3 Å². The summed E-state index contributed by atoms with van der Waals surface area (Å²) in [6, 6.07) is 3.86. The number of nitriles is 1. The number of nitrogens with one attached hydrogen (secondary N) is 2. The summed E-state index contributed by atoms with van der Waals surface area (Å²) in [4.78, 5) is 33.9. The molecule has 0 saturated carbocycles. The maximum Gasteiger partial charge on any atom is 0.341 e. The Balaban J connectivity index is 1.86. The van der Waals surface area contributed by atoms with Gasteiger partial charge in [0.2, 0.25) is 5.91 Å². The molecule has 28 heavy (non-hydrogen) atoms. The molecule has 1 aliphatic rings. The Morgan fingerprint density at radius 3 is 3.04 bits per heavy atom. The van der Waals surface area contributed by atoms with E-state index in [-0.39, 0.29) is 24.4 Å². The van der Waals surface area contributed by atoms with Crippen molar-refractivity contribution in [3.8, 4) is 6.07 Å². The van der Waals surface area contributed by atoms with Gasteiger partial charge in [-0.25, -0.2) is 9.78 Å². The third kappa shape index (κ3) is 4.09. The van der Waals surface area contributed by atoms with Gasteiger partial charge in [0.05, 0.1) is 18.4 Å². The third-order valence-corrected chi connectivity index (χ3v) is 5.02. The van der Waals surface area contributed by atoms with Gasteiger partial charge in [0.25, 0.3) is 0 Å². The minimum Gasteiger partial charge on any atom is -0.462 e. The maximum atomic E-state index is 12.5. The smallest absolute Gasteiger partial charge is 0.341 e. The molecule has 1 aliphatic heterocycles. The number of aromatic nitrogens is 2. The van der Waals surface area contributed by atoms with E-state index < -0.39 is 5.97 Å². The van der Waals surface area contributed by atoms with Crippen LogP contribution < -0.4 is 5.32 Å². The van der Waals surface area contributed by atoms with Crippen LogP contribution in [-0.4, -0.2) is 52.0 Å². The highest BCUT2D eigenvalue weighted by atomic mass is 16.5. The molecule has 1 fully saturated rings. The molecule has 3 rings (SSSR count). The first kappa shape index (κ1) is 19.7. The number of carbonyl (C=O) groups is 2. The van der Waals surface area contributed by atoms with Crippen molar-refractivity contribution in [2.45, 2.75) is 51.6 Å². The molecule has 148 valence electrons. The van der Waals surface area contributed by atoms with Crippen molar-refractivity contribution in [3.63, 3.8) is 0 Å². The summed E-state index contributed by atoms with van der Waals surface area (Å²) in [6.07, 6.45) is 5.59. The molecule has 0 radical (unpaired) electrons. The summed E-state index contributed by atoms with van der Waals surface area (Å²) in [7, 11) is 0. The molecule has 1 amide bonds. The van der Waals surface area contributed by atoms with E-state index in [4.69, 9.17) is 10.00 Å². The minimum absolute atomic E-state index is 0.0305. The van der Waals surface area contributed by atoms with E-state index in [1.165, 1.54) is 6.20 Å². The number of rotatable bonds is 6. The van der Waals surface area contributed by atoms with Crippen molar-refractivity contribution in [2.75, 3.05) is 18.5 Å². The van der Waals surface area contributed by atoms with E-state index in [0.717, 1.165) is 24.6 Å². The zero-order valence-corrected chi connectivity index (χ0v) is 16.2. The number of amides is 1. The number of pyridine rings is 1. The largest absolute Gasteiger partial charge is 0.462 e. The normalized spacial score (nSPS) is 19.2. The minimum atomic E-state index is -0.415. The molecule has 0 aromatic carbocycles. The molecule has 2 atom stereocenters. The van der Waals surface area contributed by atoms with Crippen molar-refractivity contribution < 1.29 is 14.3 Å². The first-order valence-corrected chi connectivity index (χ1v) is 9.61. The van der Waals surface area contributed by atoms with Crippen LogP contribution in [0.1, 0.15) is 49.9 Å². The standard InChI is InChI=1S/C20H25N5O3/c1-3-10-28-20(27)16-11-23-19-15(7-9-22-19)18(16)24-14-5-4-13(2)25(12-14)17(26)6-8-21/h7,9,11,13-14H,3-6,10,12H2,1-2H3,(H2,22,23,24)/t13-,14+/m0/s1. The van der Waals surface area contributed by atoms with Crippen molar-refractivity contribution in [1.29, 1.82) is 5.26 Å². The summed E-state index contributed by atoms with van der Waals surface area (Å²) >= 11 is 0. The predicted octanol–water partition coefficient (Wildman–Crippen LogP) is 2.83. The van der Waals surface area contributed by atoms with Crippen LogP contribution in [0.15, 0.2) is 18.5 Å². The number of ether oxygens (including phenoxy) is 1. The fourth-order valence-electron chi connectivity index (χ4n) is 3.54. The zero-order valence-electron chi connectivity index (χ0n) is 16.2. The van der Waals surface area contributed by atoms with Crippen molar-refractivity contribution >= 4 is 28.6 Å². The van der Waals surface area contributed by atoms with Gasteiger partial charge in [0.1, 0.15) is 17.6 Å². The van der Waals surface area contributed by atoms with Crippen molar-refractivity contribution in [1.82, 2.24) is 14.9 Å². The number of hydrogen-bond donors (Lipinski definition) is 2. The van der Waals surface area contributed by atoms with Gasteiger partial charge in [-0.2, -0.15) is 5.26 Å². The molecular formula is C20H25N5O3. The Morgan fingerprint density at radius 1 is 1.46 bits per heavy atom. The first-order valence-electron chi connectivity index (χ1n) is 9.61. The maximum absolute atomic E-state index is 12.5. The molecule has 0 spiro atoms. The van der Waals surface area contributed by atoms with Gasteiger partial charge in [0, 0.05) is 36.4 Å². The SMILES string of the molecule is CCCOC(=O)c1cnc2[nH]ccc2c1N[C@@H]1CC[C@H](C)N(C(=O)CC#N)C1. The lowest BCUT2D eigenvalue weighted by Crippen LogP contribution is -2.49. The van der Waals surface area contributed by atoms with Crippen LogP contribution in [0.25, 0.3) is 11.0 Å². The Morgan fingerprint density at radius 2 is 2.29 bits per heavy atom. The Kier molecular flexibility index (Phi) is 6.14. The Hall–Kier alpha value is -3.08. The molecule has 3 heterocycles. The zero-order chi connectivity index (χ0) is 20.1. The monoisotopic (exact) mass is 383 g/mol. The van der Waals surface area contributed by atoms with E-state index in [0.29, 0.717) is 30.0 Å². The van der Waals surface area contributed by atoms with Gasteiger partial charge in [-0.05, 0) is 32.3 Å². The van der Waals surface area contributed by atoms with Crippen molar-refractivity contribution in [3.05, 3.63) is 24.0 Å². The third-order valence-electron chi connectivity index (χ3n) is 5.02. The number of H-pyrrole nitrogens is 1. The van der Waals surface area contributed by atoms with Crippen LogP contribution in [0.5, 0.6) is 0 Å². The van der Waals surface area contributed by atoms with Crippen LogP contribution in [0.2, 0.25) is 0 Å². The molecule has 0 aliphatic carbocycles. The molecule has 2 N–H and O–H groups in total. The second kappa shape index (κ2) is 8.74. The number of nitrogens with zero attached hydrogens (tertiary/aromatic N) is 3. The average molecular weight is 383 g/mol. The summed E-state index contributed by atoms with van der Waals surface area (Å²) in [5.74, 6) is -0.577. The van der Waals surface area contributed by atoms with E-state index >= 15 is 0 Å². The van der Waals surface area contributed by atoms with E-state index in [9.17, 15) is 9.59 Å². The number of anilines is 1. The molecular weight excluding hydrogens is 358 g/mol. The van der Waals surface area contributed by atoms with E-state index in [1.54, 1.807) is 11.1 Å². The average Bonchev–Trinajstić information content (AvgIpc) is 3.17. The lowest BCUT2D eigenvalue weighted by Gasteiger charge is -2.38.